The zero-order valence-corrected chi connectivity index (χ0v) is 15.9. The predicted octanol–water partition coefficient (Wildman–Crippen LogP) is 3.46. The summed E-state index contributed by atoms with van der Waals surface area (Å²) in [6.45, 7) is 9.44. The Bertz CT molecular complexity index is 823. The number of fused-ring (bicyclic) bond motifs is 1. The summed E-state index contributed by atoms with van der Waals surface area (Å²) in [4.78, 5) is 2.89. The number of para-hydroxylation sites is 1. The summed E-state index contributed by atoms with van der Waals surface area (Å²) in [6, 6.07) is 7.74. The van der Waals surface area contributed by atoms with Crippen LogP contribution < -0.4 is 0 Å². The molecular weight excluding hydrogens is 320 g/mol. The highest BCUT2D eigenvalue weighted by Crippen LogP contribution is 2.31. The maximum absolute atomic E-state index is 13.2. The van der Waals surface area contributed by atoms with Crippen LogP contribution in [-0.2, 0) is 16.9 Å². The smallest absolute Gasteiger partial charge is 0.183 e. The molecule has 0 bridgehead atoms. The summed E-state index contributed by atoms with van der Waals surface area (Å²) in [7, 11) is -1.37. The van der Waals surface area contributed by atoms with Gasteiger partial charge in [-0.3, -0.25) is 0 Å². The minimum atomic E-state index is -3.28. The molecule has 0 aliphatic carbocycles. The van der Waals surface area contributed by atoms with E-state index in [-0.39, 0.29) is 10.7 Å². The van der Waals surface area contributed by atoms with Crippen molar-refractivity contribution in [2.24, 2.45) is 12.5 Å². The number of likely N-dealkylation sites (tertiary alicyclic amines) is 1. The van der Waals surface area contributed by atoms with Crippen LogP contribution in [0.3, 0.4) is 0 Å². The average Bonchev–Trinajstić information content (AvgIpc) is 2.85. The fourth-order valence-corrected chi connectivity index (χ4v) is 5.73. The molecule has 0 unspecified atom stereocenters. The van der Waals surface area contributed by atoms with E-state index >= 15 is 0 Å². The van der Waals surface area contributed by atoms with Gasteiger partial charge >= 0.3 is 0 Å². The number of benzene rings is 1. The molecule has 2 aromatic rings. The van der Waals surface area contributed by atoms with E-state index in [2.05, 4.69) is 25.7 Å². The van der Waals surface area contributed by atoms with Crippen molar-refractivity contribution in [2.45, 2.75) is 43.8 Å². The van der Waals surface area contributed by atoms with Crippen molar-refractivity contribution in [3.63, 3.8) is 0 Å². The summed E-state index contributed by atoms with van der Waals surface area (Å²) in [6.07, 6.45) is 3.23. The second-order valence-corrected chi connectivity index (χ2v) is 10.4. The number of rotatable bonds is 3. The van der Waals surface area contributed by atoms with Gasteiger partial charge in [0, 0.05) is 30.7 Å². The molecule has 24 heavy (non-hydrogen) atoms. The molecule has 3 rings (SSSR count). The molecule has 0 spiro atoms. The van der Waals surface area contributed by atoms with Crippen molar-refractivity contribution < 1.29 is 8.42 Å². The number of aryl methyl sites for hydroxylation is 1. The summed E-state index contributed by atoms with van der Waals surface area (Å²) in [5.41, 5.74) is 1.22. The van der Waals surface area contributed by atoms with Gasteiger partial charge in [-0.1, -0.05) is 39.0 Å². The number of nitrogens with zero attached hydrogens (tertiary/aromatic N) is 2. The first-order chi connectivity index (χ1) is 11.2. The van der Waals surface area contributed by atoms with Gasteiger partial charge in [-0.25, -0.2) is 8.42 Å². The molecular formula is C19H28N2O2S. The molecule has 4 nitrogen and oxygen atoms in total. The lowest BCUT2D eigenvalue weighted by atomic mass is 9.95. The summed E-state index contributed by atoms with van der Waals surface area (Å²) in [5, 5.41) is 0.580. The van der Waals surface area contributed by atoms with Crippen molar-refractivity contribution in [1.82, 2.24) is 9.47 Å². The molecule has 5 heteroatoms. The summed E-state index contributed by atoms with van der Waals surface area (Å²) in [5.74, 6) is 0. The van der Waals surface area contributed by atoms with E-state index in [4.69, 9.17) is 0 Å². The van der Waals surface area contributed by atoms with Crippen molar-refractivity contribution >= 4 is 20.7 Å². The Hall–Kier alpha value is -1.33. The quantitative estimate of drug-likeness (QED) is 0.853. The highest BCUT2D eigenvalue weighted by Gasteiger charge is 2.34. The maximum atomic E-state index is 13.2. The van der Waals surface area contributed by atoms with Gasteiger partial charge in [0.1, 0.15) is 0 Å². The molecule has 0 atom stereocenters. The normalized spacial score (nSPS) is 18.3. The van der Waals surface area contributed by atoms with Gasteiger partial charge in [0.05, 0.1) is 10.1 Å². The van der Waals surface area contributed by atoms with Crippen molar-refractivity contribution in [2.75, 3.05) is 19.6 Å². The standard InChI is InChI=1S/C19H28N2O2S/c1-19(2,3)14-21-11-9-15(10-12-21)24(22,23)18-13-20(4)17-8-6-5-7-16(17)18/h5-8,13,15H,9-12,14H2,1-4H3. The van der Waals surface area contributed by atoms with Crippen LogP contribution in [-0.4, -0.2) is 42.8 Å². The van der Waals surface area contributed by atoms with Gasteiger partial charge in [-0.2, -0.15) is 0 Å². The van der Waals surface area contributed by atoms with Crippen LogP contribution in [0.15, 0.2) is 35.4 Å². The highest BCUT2D eigenvalue weighted by atomic mass is 32.2. The third-order valence-electron chi connectivity index (χ3n) is 4.84. The van der Waals surface area contributed by atoms with Crippen LogP contribution in [0.1, 0.15) is 33.6 Å². The topological polar surface area (TPSA) is 42.3 Å². The second-order valence-electron chi connectivity index (χ2n) is 8.20. The van der Waals surface area contributed by atoms with Crippen molar-refractivity contribution in [1.29, 1.82) is 0 Å². The molecule has 1 aromatic carbocycles. The molecule has 1 saturated heterocycles. The first-order valence-corrected chi connectivity index (χ1v) is 10.2. The van der Waals surface area contributed by atoms with Crippen LogP contribution in [0.25, 0.3) is 10.9 Å². The molecule has 0 N–H and O–H groups in total. The number of hydrogen-bond donors (Lipinski definition) is 0. The highest BCUT2D eigenvalue weighted by molar-refractivity contribution is 7.92. The fraction of sp³-hybridized carbons (Fsp3) is 0.579. The lowest BCUT2D eigenvalue weighted by Gasteiger charge is -2.35. The minimum absolute atomic E-state index is 0.251. The van der Waals surface area contributed by atoms with E-state index in [1.165, 1.54) is 0 Å². The average molecular weight is 349 g/mol. The molecule has 1 fully saturated rings. The SMILES string of the molecule is Cn1cc(S(=O)(=O)C2CCN(CC(C)(C)C)CC2)c2ccccc21. The van der Waals surface area contributed by atoms with Crippen molar-refractivity contribution in [3.8, 4) is 0 Å². The van der Waals surface area contributed by atoms with E-state index in [9.17, 15) is 8.42 Å². The van der Waals surface area contributed by atoms with E-state index in [0.29, 0.717) is 4.90 Å². The van der Waals surface area contributed by atoms with Gasteiger partial charge in [-0.05, 0) is 37.4 Å². The number of piperidine rings is 1. The second kappa shape index (κ2) is 6.19. The molecule has 0 amide bonds. The van der Waals surface area contributed by atoms with E-state index < -0.39 is 9.84 Å². The van der Waals surface area contributed by atoms with E-state index in [1.54, 1.807) is 6.20 Å². The monoisotopic (exact) mass is 348 g/mol. The Kier molecular flexibility index (Phi) is 4.51. The zero-order valence-electron chi connectivity index (χ0n) is 15.1. The Morgan fingerprint density at radius 2 is 1.75 bits per heavy atom. The zero-order chi connectivity index (χ0) is 17.5. The van der Waals surface area contributed by atoms with E-state index in [1.807, 2.05) is 35.9 Å². The number of hydrogen-bond acceptors (Lipinski definition) is 3. The molecule has 132 valence electrons. The lowest BCUT2D eigenvalue weighted by molar-refractivity contribution is 0.165. The fourth-order valence-electron chi connectivity index (χ4n) is 3.76. The first kappa shape index (κ1) is 17.5. The Balaban J connectivity index is 1.82. The molecule has 1 aliphatic rings. The largest absolute Gasteiger partial charge is 0.349 e. The van der Waals surface area contributed by atoms with Crippen LogP contribution in [0, 0.1) is 5.41 Å². The third kappa shape index (κ3) is 3.38. The Morgan fingerprint density at radius 1 is 1.12 bits per heavy atom. The van der Waals surface area contributed by atoms with Crippen LogP contribution >= 0.6 is 0 Å². The van der Waals surface area contributed by atoms with Gasteiger partial charge < -0.3 is 9.47 Å². The first-order valence-electron chi connectivity index (χ1n) is 8.69. The third-order valence-corrected chi connectivity index (χ3v) is 7.13. The van der Waals surface area contributed by atoms with Crippen LogP contribution in [0.2, 0.25) is 0 Å². The van der Waals surface area contributed by atoms with Crippen molar-refractivity contribution in [3.05, 3.63) is 30.5 Å². The Labute approximate surface area is 145 Å². The Morgan fingerprint density at radius 3 is 2.38 bits per heavy atom. The van der Waals surface area contributed by atoms with Crippen LogP contribution in [0.4, 0.5) is 0 Å². The molecule has 0 radical (unpaired) electrons. The summed E-state index contributed by atoms with van der Waals surface area (Å²) < 4.78 is 28.3. The molecule has 2 heterocycles. The maximum Gasteiger partial charge on any atom is 0.183 e. The van der Waals surface area contributed by atoms with Gasteiger partial charge in [0.2, 0.25) is 0 Å². The van der Waals surface area contributed by atoms with E-state index in [0.717, 1.165) is 43.4 Å². The summed E-state index contributed by atoms with van der Waals surface area (Å²) >= 11 is 0. The number of sulfone groups is 1. The molecule has 0 saturated carbocycles. The van der Waals surface area contributed by atoms with Gasteiger partial charge in [0.25, 0.3) is 0 Å². The van der Waals surface area contributed by atoms with Gasteiger partial charge in [-0.15, -0.1) is 0 Å². The number of aromatic nitrogens is 1. The van der Waals surface area contributed by atoms with Crippen LogP contribution in [0.5, 0.6) is 0 Å². The predicted molar refractivity (Wildman–Crippen MR) is 99.0 cm³/mol. The lowest BCUT2D eigenvalue weighted by Crippen LogP contribution is -2.42. The van der Waals surface area contributed by atoms with Gasteiger partial charge in [0.15, 0.2) is 9.84 Å². The molecule has 1 aromatic heterocycles. The molecule has 1 aliphatic heterocycles. The minimum Gasteiger partial charge on any atom is -0.349 e.